The van der Waals surface area contributed by atoms with Gasteiger partial charge < -0.3 is 24.3 Å². The van der Waals surface area contributed by atoms with E-state index in [1.807, 2.05) is 0 Å². The molecule has 0 aliphatic rings. The number of esters is 1. The third-order valence-corrected chi connectivity index (χ3v) is 3.60. The standard InChI is InChI=1S/C18H15NO6/c1-10(20)24-17-16(22)14-7-6-13(9-15(14)19(2)18(17)23)25-12-5-3-4-11(21)8-12/h3-9,21-22H,1-2H3. The molecule has 0 aliphatic carbocycles. The number of pyridine rings is 1. The van der Waals surface area contributed by atoms with E-state index in [1.54, 1.807) is 30.3 Å². The van der Waals surface area contributed by atoms with Crippen LogP contribution < -0.4 is 15.0 Å². The van der Waals surface area contributed by atoms with Crippen LogP contribution in [0.25, 0.3) is 10.9 Å². The van der Waals surface area contributed by atoms with Crippen LogP contribution in [0, 0.1) is 0 Å². The number of carbonyl (C=O) groups is 1. The zero-order chi connectivity index (χ0) is 18.1. The molecule has 1 aromatic heterocycles. The fourth-order valence-corrected chi connectivity index (χ4v) is 2.46. The number of nitrogens with zero attached hydrogens (tertiary/aromatic N) is 1. The van der Waals surface area contributed by atoms with Gasteiger partial charge in [-0.25, -0.2) is 0 Å². The molecule has 0 saturated carbocycles. The summed E-state index contributed by atoms with van der Waals surface area (Å²) in [6, 6.07) is 11.0. The Kier molecular flexibility index (Phi) is 4.06. The lowest BCUT2D eigenvalue weighted by molar-refractivity contribution is -0.132. The van der Waals surface area contributed by atoms with Crippen LogP contribution in [0.4, 0.5) is 0 Å². The maximum absolute atomic E-state index is 12.3. The van der Waals surface area contributed by atoms with Gasteiger partial charge in [-0.2, -0.15) is 0 Å². The molecule has 2 N–H and O–H groups in total. The van der Waals surface area contributed by atoms with Crippen LogP contribution in [0.5, 0.6) is 28.7 Å². The van der Waals surface area contributed by atoms with Crippen molar-refractivity contribution in [3.05, 3.63) is 52.8 Å². The van der Waals surface area contributed by atoms with Crippen molar-refractivity contribution < 1.29 is 24.5 Å². The Bertz CT molecular complexity index is 1040. The molecule has 3 rings (SSSR count). The number of carbonyl (C=O) groups excluding carboxylic acids is 1. The van der Waals surface area contributed by atoms with Crippen LogP contribution >= 0.6 is 0 Å². The Balaban J connectivity index is 2.10. The van der Waals surface area contributed by atoms with Gasteiger partial charge in [-0.05, 0) is 24.3 Å². The summed E-state index contributed by atoms with van der Waals surface area (Å²) in [7, 11) is 1.50. The van der Waals surface area contributed by atoms with Gasteiger partial charge in [0, 0.05) is 31.5 Å². The third-order valence-electron chi connectivity index (χ3n) is 3.60. The predicted octanol–water partition coefficient (Wildman–Crippen LogP) is 2.67. The van der Waals surface area contributed by atoms with E-state index in [0.29, 0.717) is 22.4 Å². The molecular weight excluding hydrogens is 326 g/mol. The number of ether oxygens (including phenoxy) is 2. The molecule has 0 saturated heterocycles. The Hall–Kier alpha value is -3.48. The summed E-state index contributed by atoms with van der Waals surface area (Å²) in [6.07, 6.45) is 0. The number of hydrogen-bond acceptors (Lipinski definition) is 6. The minimum atomic E-state index is -0.699. The van der Waals surface area contributed by atoms with Gasteiger partial charge in [0.25, 0.3) is 5.56 Å². The number of aryl methyl sites for hydroxylation is 1. The summed E-state index contributed by atoms with van der Waals surface area (Å²) in [4.78, 5) is 23.4. The Morgan fingerprint density at radius 2 is 1.80 bits per heavy atom. The van der Waals surface area contributed by atoms with E-state index in [-0.39, 0.29) is 5.75 Å². The molecule has 0 spiro atoms. The second kappa shape index (κ2) is 6.20. The number of fused-ring (bicyclic) bond motifs is 1. The maximum Gasteiger partial charge on any atom is 0.308 e. The summed E-state index contributed by atoms with van der Waals surface area (Å²) in [6.45, 7) is 1.15. The van der Waals surface area contributed by atoms with Crippen LogP contribution in [0.15, 0.2) is 47.3 Å². The molecule has 2 aromatic carbocycles. The van der Waals surface area contributed by atoms with Crippen molar-refractivity contribution in [3.63, 3.8) is 0 Å². The van der Waals surface area contributed by atoms with E-state index in [0.717, 1.165) is 6.92 Å². The van der Waals surface area contributed by atoms with E-state index in [9.17, 15) is 19.8 Å². The summed E-state index contributed by atoms with van der Waals surface area (Å²) >= 11 is 0. The normalized spacial score (nSPS) is 10.6. The van der Waals surface area contributed by atoms with Gasteiger partial charge in [-0.3, -0.25) is 9.59 Å². The summed E-state index contributed by atoms with van der Waals surface area (Å²) in [5.41, 5.74) is -0.245. The first-order chi connectivity index (χ1) is 11.9. The predicted molar refractivity (Wildman–Crippen MR) is 90.3 cm³/mol. The first kappa shape index (κ1) is 16.4. The molecule has 0 amide bonds. The number of benzene rings is 2. The number of hydrogen-bond donors (Lipinski definition) is 2. The Labute approximate surface area is 142 Å². The first-order valence-corrected chi connectivity index (χ1v) is 7.38. The van der Waals surface area contributed by atoms with Gasteiger partial charge in [0.1, 0.15) is 17.2 Å². The maximum atomic E-state index is 12.3. The lowest BCUT2D eigenvalue weighted by Gasteiger charge is -2.13. The Morgan fingerprint density at radius 3 is 2.48 bits per heavy atom. The molecule has 7 nitrogen and oxygen atoms in total. The fourth-order valence-electron chi connectivity index (χ4n) is 2.46. The molecule has 0 bridgehead atoms. The zero-order valence-corrected chi connectivity index (χ0v) is 13.5. The van der Waals surface area contributed by atoms with Gasteiger partial charge in [-0.1, -0.05) is 6.07 Å². The fraction of sp³-hybridized carbons (Fsp3) is 0.111. The van der Waals surface area contributed by atoms with Crippen molar-refractivity contribution in [3.8, 4) is 28.7 Å². The first-order valence-electron chi connectivity index (χ1n) is 7.38. The highest BCUT2D eigenvalue weighted by molar-refractivity contribution is 5.89. The molecule has 3 aromatic rings. The van der Waals surface area contributed by atoms with E-state index in [2.05, 4.69) is 0 Å². The van der Waals surface area contributed by atoms with Crippen LogP contribution in [-0.4, -0.2) is 20.7 Å². The van der Waals surface area contributed by atoms with Crippen molar-refractivity contribution >= 4 is 16.9 Å². The van der Waals surface area contributed by atoms with Crippen LogP contribution in [0.3, 0.4) is 0 Å². The lowest BCUT2D eigenvalue weighted by Crippen LogP contribution is -2.21. The molecule has 0 unspecified atom stereocenters. The second-order valence-electron chi connectivity index (χ2n) is 5.41. The number of aromatic hydroxyl groups is 2. The molecule has 0 atom stereocenters. The highest BCUT2D eigenvalue weighted by Gasteiger charge is 2.18. The smallest absolute Gasteiger partial charge is 0.308 e. The van der Waals surface area contributed by atoms with Gasteiger partial charge >= 0.3 is 5.97 Å². The number of phenols is 1. The highest BCUT2D eigenvalue weighted by Crippen LogP contribution is 2.34. The van der Waals surface area contributed by atoms with E-state index in [1.165, 1.54) is 23.7 Å². The molecule has 0 radical (unpaired) electrons. The summed E-state index contributed by atoms with van der Waals surface area (Å²) in [5.74, 6) is -0.621. The summed E-state index contributed by atoms with van der Waals surface area (Å²) in [5, 5.41) is 20.1. The minimum absolute atomic E-state index is 0.0642. The van der Waals surface area contributed by atoms with Crippen molar-refractivity contribution in [2.75, 3.05) is 0 Å². The van der Waals surface area contributed by atoms with E-state index in [4.69, 9.17) is 9.47 Å². The quantitative estimate of drug-likeness (QED) is 0.711. The molecule has 128 valence electrons. The van der Waals surface area contributed by atoms with Gasteiger partial charge in [0.05, 0.1) is 5.52 Å². The molecule has 1 heterocycles. The van der Waals surface area contributed by atoms with Gasteiger partial charge in [0.15, 0.2) is 5.75 Å². The van der Waals surface area contributed by atoms with Crippen LogP contribution in [-0.2, 0) is 11.8 Å². The number of phenolic OH excluding ortho intramolecular Hbond substituents is 1. The van der Waals surface area contributed by atoms with E-state index < -0.39 is 23.0 Å². The molecule has 7 heteroatoms. The average Bonchev–Trinajstić information content (AvgIpc) is 2.56. The second-order valence-corrected chi connectivity index (χ2v) is 5.41. The lowest BCUT2D eigenvalue weighted by atomic mass is 10.1. The highest BCUT2D eigenvalue weighted by atomic mass is 16.5. The molecule has 0 aliphatic heterocycles. The van der Waals surface area contributed by atoms with Gasteiger partial charge in [-0.15, -0.1) is 0 Å². The number of aromatic nitrogens is 1. The van der Waals surface area contributed by atoms with Crippen LogP contribution in [0.1, 0.15) is 6.92 Å². The molecule has 0 fully saturated rings. The third kappa shape index (κ3) is 3.12. The van der Waals surface area contributed by atoms with Crippen LogP contribution in [0.2, 0.25) is 0 Å². The monoisotopic (exact) mass is 341 g/mol. The minimum Gasteiger partial charge on any atom is -0.508 e. The molecular formula is C18H15NO6. The number of rotatable bonds is 3. The van der Waals surface area contributed by atoms with Crippen molar-refractivity contribution in [2.45, 2.75) is 6.92 Å². The summed E-state index contributed by atoms with van der Waals surface area (Å²) < 4.78 is 11.7. The largest absolute Gasteiger partial charge is 0.508 e. The topological polar surface area (TPSA) is 98.0 Å². The molecule has 25 heavy (non-hydrogen) atoms. The van der Waals surface area contributed by atoms with E-state index >= 15 is 0 Å². The average molecular weight is 341 g/mol. The SMILES string of the molecule is CC(=O)Oc1c(O)c2ccc(Oc3cccc(O)c3)cc2n(C)c1=O. The Morgan fingerprint density at radius 1 is 1.08 bits per heavy atom. The van der Waals surface area contributed by atoms with Crippen molar-refractivity contribution in [1.29, 1.82) is 0 Å². The van der Waals surface area contributed by atoms with Crippen molar-refractivity contribution in [2.24, 2.45) is 7.05 Å². The van der Waals surface area contributed by atoms with Gasteiger partial charge in [0.2, 0.25) is 5.75 Å². The van der Waals surface area contributed by atoms with Crippen molar-refractivity contribution in [1.82, 2.24) is 4.57 Å². The zero-order valence-electron chi connectivity index (χ0n) is 13.5.